The minimum absolute atomic E-state index is 0.231. The number of hydrogen-bond donors (Lipinski definition) is 2. The van der Waals surface area contributed by atoms with E-state index in [0.29, 0.717) is 22.5 Å². The second-order valence-electron chi connectivity index (χ2n) is 6.07. The van der Waals surface area contributed by atoms with Crippen molar-refractivity contribution in [1.82, 2.24) is 5.43 Å². The van der Waals surface area contributed by atoms with E-state index in [1.165, 1.54) is 0 Å². The Balaban J connectivity index is 1.95. The van der Waals surface area contributed by atoms with E-state index >= 15 is 0 Å². The van der Waals surface area contributed by atoms with Gasteiger partial charge in [-0.2, -0.15) is 5.10 Å². The van der Waals surface area contributed by atoms with Gasteiger partial charge in [0.1, 0.15) is 0 Å². The van der Waals surface area contributed by atoms with Crippen molar-refractivity contribution < 1.29 is 19.1 Å². The molecule has 146 valence electrons. The second kappa shape index (κ2) is 10.0. The number of carbonyl (C=O) groups is 3. The zero-order valence-corrected chi connectivity index (χ0v) is 16.1. The molecule has 2 aromatic rings. The number of anilines is 1. The fourth-order valence-electron chi connectivity index (χ4n) is 2.24. The van der Waals surface area contributed by atoms with Crippen molar-refractivity contribution in [1.29, 1.82) is 0 Å². The molecule has 0 bridgehead atoms. The maximum atomic E-state index is 12.2. The quantitative estimate of drug-likeness (QED) is 0.437. The van der Waals surface area contributed by atoms with Crippen LogP contribution in [-0.2, 0) is 9.53 Å². The summed E-state index contributed by atoms with van der Waals surface area (Å²) in [6, 6.07) is 15.3. The van der Waals surface area contributed by atoms with Crippen LogP contribution in [0.3, 0.4) is 0 Å². The number of amides is 2. The highest BCUT2D eigenvalue weighted by atomic mass is 16.5. The zero-order chi connectivity index (χ0) is 20.5. The molecule has 0 saturated carbocycles. The molecule has 0 aliphatic rings. The summed E-state index contributed by atoms with van der Waals surface area (Å²) >= 11 is 0. The van der Waals surface area contributed by atoms with E-state index in [4.69, 9.17) is 4.74 Å². The van der Waals surface area contributed by atoms with Crippen molar-refractivity contribution in [2.75, 3.05) is 11.9 Å². The predicted octanol–water partition coefficient (Wildman–Crippen LogP) is 3.24. The fourth-order valence-corrected chi connectivity index (χ4v) is 2.24. The Kier molecular flexibility index (Phi) is 7.45. The highest BCUT2D eigenvalue weighted by molar-refractivity contribution is 6.05. The number of ether oxygens (including phenoxy) is 1. The average Bonchev–Trinajstić information content (AvgIpc) is 2.72. The molecule has 2 amide bonds. The SMILES string of the molecule is CCOC(=O)C(C)C(C)=NNC(=O)c1ccc(NC(=O)c2ccccc2)cc1. The van der Waals surface area contributed by atoms with Crippen LogP contribution in [0.25, 0.3) is 0 Å². The van der Waals surface area contributed by atoms with Gasteiger partial charge in [-0.15, -0.1) is 0 Å². The third kappa shape index (κ3) is 5.77. The summed E-state index contributed by atoms with van der Waals surface area (Å²) in [6.07, 6.45) is 0. The first-order valence-corrected chi connectivity index (χ1v) is 8.90. The molecule has 28 heavy (non-hydrogen) atoms. The highest BCUT2D eigenvalue weighted by Crippen LogP contribution is 2.12. The highest BCUT2D eigenvalue weighted by Gasteiger charge is 2.17. The van der Waals surface area contributed by atoms with Crippen LogP contribution in [0.4, 0.5) is 5.69 Å². The first-order valence-electron chi connectivity index (χ1n) is 8.90. The molecule has 0 saturated heterocycles. The number of rotatable bonds is 7. The Labute approximate surface area is 163 Å². The van der Waals surface area contributed by atoms with Gasteiger partial charge in [-0.25, -0.2) is 5.43 Å². The van der Waals surface area contributed by atoms with Crippen LogP contribution in [0.1, 0.15) is 41.5 Å². The lowest BCUT2D eigenvalue weighted by Crippen LogP contribution is -2.25. The Morgan fingerprint density at radius 2 is 1.57 bits per heavy atom. The lowest BCUT2D eigenvalue weighted by molar-refractivity contribution is -0.145. The topological polar surface area (TPSA) is 96.9 Å². The first kappa shape index (κ1) is 20.8. The number of nitrogens with one attached hydrogen (secondary N) is 2. The molecular formula is C21H23N3O4. The lowest BCUT2D eigenvalue weighted by Gasteiger charge is -2.10. The van der Waals surface area contributed by atoms with Gasteiger partial charge >= 0.3 is 5.97 Å². The molecule has 2 N–H and O–H groups in total. The smallest absolute Gasteiger partial charge is 0.314 e. The van der Waals surface area contributed by atoms with Gasteiger partial charge in [-0.05, 0) is 57.2 Å². The van der Waals surface area contributed by atoms with Crippen LogP contribution < -0.4 is 10.7 Å². The molecule has 0 aliphatic heterocycles. The summed E-state index contributed by atoms with van der Waals surface area (Å²) in [5.74, 6) is -1.59. The third-order valence-corrected chi connectivity index (χ3v) is 4.04. The molecule has 0 spiro atoms. The van der Waals surface area contributed by atoms with Gasteiger partial charge in [-0.3, -0.25) is 14.4 Å². The number of hydrazone groups is 1. The Morgan fingerprint density at radius 3 is 2.18 bits per heavy atom. The fraction of sp³-hybridized carbons (Fsp3) is 0.238. The van der Waals surface area contributed by atoms with Crippen molar-refractivity contribution in [3.05, 3.63) is 65.7 Å². The molecule has 7 heteroatoms. The van der Waals surface area contributed by atoms with Gasteiger partial charge in [0.05, 0.1) is 12.5 Å². The van der Waals surface area contributed by atoms with Gasteiger partial charge in [0.15, 0.2) is 0 Å². The van der Waals surface area contributed by atoms with Crippen molar-refractivity contribution >= 4 is 29.2 Å². The van der Waals surface area contributed by atoms with Crippen molar-refractivity contribution in [2.24, 2.45) is 11.0 Å². The van der Waals surface area contributed by atoms with Crippen LogP contribution in [-0.4, -0.2) is 30.1 Å². The van der Waals surface area contributed by atoms with Crippen LogP contribution >= 0.6 is 0 Å². The van der Waals surface area contributed by atoms with E-state index in [1.807, 2.05) is 6.07 Å². The molecule has 2 rings (SSSR count). The van der Waals surface area contributed by atoms with E-state index in [-0.39, 0.29) is 12.5 Å². The summed E-state index contributed by atoms with van der Waals surface area (Å²) < 4.78 is 4.93. The van der Waals surface area contributed by atoms with Gasteiger partial charge in [0, 0.05) is 22.5 Å². The summed E-state index contributed by atoms with van der Waals surface area (Å²) in [4.78, 5) is 36.0. The molecule has 7 nitrogen and oxygen atoms in total. The minimum atomic E-state index is -0.546. The second-order valence-corrected chi connectivity index (χ2v) is 6.07. The third-order valence-electron chi connectivity index (χ3n) is 4.04. The number of nitrogens with zero attached hydrogens (tertiary/aromatic N) is 1. The van der Waals surface area contributed by atoms with Crippen LogP contribution in [0, 0.1) is 5.92 Å². The van der Waals surface area contributed by atoms with Crippen molar-refractivity contribution in [3.63, 3.8) is 0 Å². The summed E-state index contributed by atoms with van der Waals surface area (Å²) in [7, 11) is 0. The van der Waals surface area contributed by atoms with Crippen molar-refractivity contribution in [2.45, 2.75) is 20.8 Å². The van der Waals surface area contributed by atoms with Crippen LogP contribution in [0.2, 0.25) is 0 Å². The molecule has 0 fully saturated rings. The molecular weight excluding hydrogens is 358 g/mol. The average molecular weight is 381 g/mol. The number of carbonyl (C=O) groups excluding carboxylic acids is 3. The van der Waals surface area contributed by atoms with Crippen LogP contribution in [0.15, 0.2) is 59.7 Å². The summed E-state index contributed by atoms with van der Waals surface area (Å²) in [5, 5.41) is 6.73. The minimum Gasteiger partial charge on any atom is -0.465 e. The monoisotopic (exact) mass is 381 g/mol. The molecule has 1 unspecified atom stereocenters. The van der Waals surface area contributed by atoms with Gasteiger partial charge < -0.3 is 10.1 Å². The summed E-state index contributed by atoms with van der Waals surface area (Å²) in [5.41, 5.74) is 4.35. The Hall–Kier alpha value is -3.48. The largest absolute Gasteiger partial charge is 0.465 e. The number of esters is 1. The van der Waals surface area contributed by atoms with E-state index < -0.39 is 17.8 Å². The van der Waals surface area contributed by atoms with E-state index in [0.717, 1.165) is 0 Å². The Morgan fingerprint density at radius 1 is 0.964 bits per heavy atom. The zero-order valence-electron chi connectivity index (χ0n) is 16.1. The van der Waals surface area contributed by atoms with E-state index in [9.17, 15) is 14.4 Å². The standard InChI is InChI=1S/C21H23N3O4/c1-4-28-21(27)14(2)15(3)23-24-20(26)17-10-12-18(13-11-17)22-19(25)16-8-6-5-7-9-16/h5-14H,4H2,1-3H3,(H,22,25)(H,24,26). The normalized spacial score (nSPS) is 12.0. The van der Waals surface area contributed by atoms with E-state index in [1.54, 1.807) is 69.3 Å². The Bertz CT molecular complexity index is 861. The maximum Gasteiger partial charge on any atom is 0.314 e. The molecule has 0 radical (unpaired) electrons. The number of benzene rings is 2. The van der Waals surface area contributed by atoms with E-state index in [2.05, 4.69) is 15.8 Å². The molecule has 1 atom stereocenters. The first-order chi connectivity index (χ1) is 13.4. The molecule has 0 heterocycles. The molecule has 2 aromatic carbocycles. The summed E-state index contributed by atoms with van der Waals surface area (Å²) in [6.45, 7) is 5.32. The number of hydrogen-bond acceptors (Lipinski definition) is 5. The van der Waals surface area contributed by atoms with Gasteiger partial charge in [0.25, 0.3) is 11.8 Å². The predicted molar refractivity (Wildman–Crippen MR) is 107 cm³/mol. The van der Waals surface area contributed by atoms with Crippen molar-refractivity contribution in [3.8, 4) is 0 Å². The maximum absolute atomic E-state index is 12.2. The van der Waals surface area contributed by atoms with Crippen LogP contribution in [0.5, 0.6) is 0 Å². The molecule has 0 aliphatic carbocycles. The van der Waals surface area contributed by atoms with Gasteiger partial charge in [0.2, 0.25) is 0 Å². The lowest BCUT2D eigenvalue weighted by atomic mass is 10.1. The van der Waals surface area contributed by atoms with Gasteiger partial charge in [-0.1, -0.05) is 18.2 Å². The molecule has 0 aromatic heterocycles.